The van der Waals surface area contributed by atoms with Gasteiger partial charge in [-0.1, -0.05) is 12.1 Å². The van der Waals surface area contributed by atoms with Crippen LogP contribution < -0.4 is 15.4 Å². The van der Waals surface area contributed by atoms with E-state index in [4.69, 9.17) is 10.5 Å². The van der Waals surface area contributed by atoms with Crippen LogP contribution in [0, 0.1) is 0 Å². The number of amides is 2. The minimum atomic E-state index is -0.351. The molecule has 2 N–H and O–H groups in total. The molecule has 0 unspecified atom stereocenters. The number of benzene rings is 3. The normalized spacial score (nSPS) is 13.5. The molecule has 0 fully saturated rings. The maximum Gasteiger partial charge on any atom is 0.265 e. The fourth-order valence-corrected chi connectivity index (χ4v) is 3.11. The van der Waals surface area contributed by atoms with E-state index < -0.39 is 0 Å². The zero-order valence-electron chi connectivity index (χ0n) is 12.9. The van der Waals surface area contributed by atoms with Gasteiger partial charge in [0.15, 0.2) is 0 Å². The van der Waals surface area contributed by atoms with Crippen LogP contribution in [0.1, 0.15) is 20.7 Å². The quantitative estimate of drug-likeness (QED) is 0.581. The van der Waals surface area contributed by atoms with Crippen molar-refractivity contribution in [1.29, 1.82) is 0 Å². The number of carbonyl (C=O) groups excluding carboxylic acids is 2. The van der Waals surface area contributed by atoms with Gasteiger partial charge in [-0.15, -0.1) is 0 Å². The van der Waals surface area contributed by atoms with Crippen molar-refractivity contribution < 1.29 is 14.3 Å². The molecule has 0 atom stereocenters. The van der Waals surface area contributed by atoms with Gasteiger partial charge in [0.05, 0.1) is 12.8 Å². The van der Waals surface area contributed by atoms with Crippen LogP contribution in [0.4, 0.5) is 11.4 Å². The molecule has 0 radical (unpaired) electrons. The minimum absolute atomic E-state index is 0.351. The number of anilines is 2. The summed E-state index contributed by atoms with van der Waals surface area (Å²) in [6, 6.07) is 15.5. The molecule has 0 spiro atoms. The topological polar surface area (TPSA) is 72.6 Å². The van der Waals surface area contributed by atoms with E-state index in [2.05, 4.69) is 0 Å². The average molecular weight is 318 g/mol. The number of ether oxygens (including phenoxy) is 1. The number of imide groups is 1. The summed E-state index contributed by atoms with van der Waals surface area (Å²) in [5, 5.41) is 1.39. The highest BCUT2D eigenvalue weighted by Crippen LogP contribution is 2.36. The van der Waals surface area contributed by atoms with Crippen LogP contribution in [-0.4, -0.2) is 18.9 Å². The molecule has 24 heavy (non-hydrogen) atoms. The number of nitrogens with zero attached hydrogens (tertiary/aromatic N) is 1. The Bertz CT molecular complexity index is 971. The first kappa shape index (κ1) is 14.3. The zero-order chi connectivity index (χ0) is 16.8. The highest BCUT2D eigenvalue weighted by Gasteiger charge is 2.34. The lowest BCUT2D eigenvalue weighted by Crippen LogP contribution is -2.40. The molecule has 118 valence electrons. The van der Waals surface area contributed by atoms with E-state index in [1.54, 1.807) is 55.6 Å². The molecule has 1 aliphatic heterocycles. The standard InChI is InChI=1S/C19H14N2O3/c1-24-16-10-9-15-17-13(16)3-2-4-14(17)18(22)21(19(15)23)12-7-5-11(20)6-8-12/h2-10H,20H2,1H3. The van der Waals surface area contributed by atoms with Crippen molar-refractivity contribution >= 4 is 34.0 Å². The van der Waals surface area contributed by atoms with Crippen molar-refractivity contribution in [3.05, 3.63) is 65.7 Å². The van der Waals surface area contributed by atoms with Gasteiger partial charge < -0.3 is 10.5 Å². The summed E-state index contributed by atoms with van der Waals surface area (Å²) in [6.07, 6.45) is 0. The highest BCUT2D eigenvalue weighted by molar-refractivity contribution is 6.36. The van der Waals surface area contributed by atoms with E-state index in [9.17, 15) is 9.59 Å². The van der Waals surface area contributed by atoms with Crippen LogP contribution in [0.2, 0.25) is 0 Å². The SMILES string of the molecule is COc1ccc2c3c(cccc13)C(=O)N(c1ccc(N)cc1)C2=O. The first-order chi connectivity index (χ1) is 11.6. The Kier molecular flexibility index (Phi) is 3.03. The molecule has 0 bridgehead atoms. The largest absolute Gasteiger partial charge is 0.496 e. The second kappa shape index (κ2) is 5.09. The lowest BCUT2D eigenvalue weighted by Gasteiger charge is -2.27. The average Bonchev–Trinajstić information content (AvgIpc) is 2.61. The van der Waals surface area contributed by atoms with E-state index in [-0.39, 0.29) is 11.8 Å². The predicted molar refractivity (Wildman–Crippen MR) is 92.5 cm³/mol. The molecule has 0 aliphatic carbocycles. The van der Waals surface area contributed by atoms with Gasteiger partial charge in [0.1, 0.15) is 5.75 Å². The fraction of sp³-hybridized carbons (Fsp3) is 0.0526. The maximum atomic E-state index is 12.9. The number of hydrogen-bond donors (Lipinski definition) is 1. The summed E-state index contributed by atoms with van der Waals surface area (Å²) in [7, 11) is 1.57. The molecule has 2 amide bonds. The van der Waals surface area contributed by atoms with E-state index >= 15 is 0 Å². The number of carbonyl (C=O) groups is 2. The molecule has 0 saturated carbocycles. The van der Waals surface area contributed by atoms with E-state index in [1.165, 1.54) is 4.90 Å². The number of methoxy groups -OCH3 is 1. The maximum absolute atomic E-state index is 12.9. The van der Waals surface area contributed by atoms with Crippen LogP contribution in [0.15, 0.2) is 54.6 Å². The molecule has 3 aromatic rings. The van der Waals surface area contributed by atoms with Crippen molar-refractivity contribution in [1.82, 2.24) is 0 Å². The molecule has 5 nitrogen and oxygen atoms in total. The summed E-state index contributed by atoms with van der Waals surface area (Å²) >= 11 is 0. The van der Waals surface area contributed by atoms with Crippen molar-refractivity contribution in [2.24, 2.45) is 0 Å². The Morgan fingerprint density at radius 1 is 0.875 bits per heavy atom. The Hall–Kier alpha value is -3.34. The molecule has 0 aromatic heterocycles. The molecule has 4 rings (SSSR count). The van der Waals surface area contributed by atoms with E-state index in [1.807, 2.05) is 6.07 Å². The van der Waals surface area contributed by atoms with Crippen molar-refractivity contribution in [2.45, 2.75) is 0 Å². The Morgan fingerprint density at radius 2 is 1.54 bits per heavy atom. The van der Waals surface area contributed by atoms with Gasteiger partial charge in [-0.2, -0.15) is 0 Å². The van der Waals surface area contributed by atoms with Gasteiger partial charge in [0.2, 0.25) is 0 Å². The third kappa shape index (κ3) is 1.88. The van der Waals surface area contributed by atoms with Crippen molar-refractivity contribution in [3.63, 3.8) is 0 Å². The van der Waals surface area contributed by atoms with E-state index in [0.717, 1.165) is 5.39 Å². The summed E-state index contributed by atoms with van der Waals surface area (Å²) in [5.41, 5.74) is 7.73. The van der Waals surface area contributed by atoms with Crippen LogP contribution in [0.3, 0.4) is 0 Å². The number of nitrogen functional groups attached to an aromatic ring is 1. The fourth-order valence-electron chi connectivity index (χ4n) is 3.11. The van der Waals surface area contributed by atoms with Crippen molar-refractivity contribution in [2.75, 3.05) is 17.7 Å². The Morgan fingerprint density at radius 3 is 2.21 bits per heavy atom. The Labute approximate surface area is 138 Å². The van der Waals surface area contributed by atoms with Gasteiger partial charge in [-0.3, -0.25) is 9.59 Å². The molecule has 1 heterocycles. The number of nitrogens with two attached hydrogens (primary N) is 1. The monoisotopic (exact) mass is 318 g/mol. The second-order valence-electron chi connectivity index (χ2n) is 5.58. The summed E-state index contributed by atoms with van der Waals surface area (Å²) < 4.78 is 5.35. The third-order valence-electron chi connectivity index (χ3n) is 4.24. The van der Waals surface area contributed by atoms with Crippen LogP contribution in [-0.2, 0) is 0 Å². The first-order valence-electron chi connectivity index (χ1n) is 7.46. The molecular weight excluding hydrogens is 304 g/mol. The minimum Gasteiger partial charge on any atom is -0.496 e. The molecule has 1 aliphatic rings. The van der Waals surface area contributed by atoms with Crippen LogP contribution in [0.5, 0.6) is 5.75 Å². The van der Waals surface area contributed by atoms with Crippen LogP contribution >= 0.6 is 0 Å². The zero-order valence-corrected chi connectivity index (χ0v) is 12.9. The highest BCUT2D eigenvalue weighted by atomic mass is 16.5. The Balaban J connectivity index is 1.97. The van der Waals surface area contributed by atoms with Gasteiger partial charge in [-0.05, 0) is 42.5 Å². The molecular formula is C19H14N2O3. The van der Waals surface area contributed by atoms with Gasteiger partial charge in [0, 0.05) is 27.6 Å². The third-order valence-corrected chi connectivity index (χ3v) is 4.24. The summed E-state index contributed by atoms with van der Waals surface area (Å²) in [6.45, 7) is 0. The first-order valence-corrected chi connectivity index (χ1v) is 7.46. The lowest BCUT2D eigenvalue weighted by atomic mass is 9.93. The summed E-state index contributed by atoms with van der Waals surface area (Å²) in [5.74, 6) is -0.0654. The summed E-state index contributed by atoms with van der Waals surface area (Å²) in [4.78, 5) is 27.0. The predicted octanol–water partition coefficient (Wildman–Crippen LogP) is 3.23. The van der Waals surface area contributed by atoms with Crippen LogP contribution in [0.25, 0.3) is 10.8 Å². The molecule has 5 heteroatoms. The van der Waals surface area contributed by atoms with Gasteiger partial charge >= 0.3 is 0 Å². The van der Waals surface area contributed by atoms with Gasteiger partial charge in [0.25, 0.3) is 11.8 Å². The van der Waals surface area contributed by atoms with Gasteiger partial charge in [-0.25, -0.2) is 4.90 Å². The van der Waals surface area contributed by atoms with E-state index in [0.29, 0.717) is 33.6 Å². The second-order valence-corrected chi connectivity index (χ2v) is 5.58. The molecule has 3 aromatic carbocycles. The lowest BCUT2D eigenvalue weighted by molar-refractivity contribution is 0.0893. The smallest absolute Gasteiger partial charge is 0.265 e. The number of rotatable bonds is 2. The van der Waals surface area contributed by atoms with Crippen molar-refractivity contribution in [3.8, 4) is 5.75 Å². The number of hydrogen-bond acceptors (Lipinski definition) is 4. The molecule has 0 saturated heterocycles.